The summed E-state index contributed by atoms with van der Waals surface area (Å²) >= 11 is 12.9. The third-order valence-electron chi connectivity index (χ3n) is 4.52. The van der Waals surface area contributed by atoms with Gasteiger partial charge in [-0.2, -0.15) is 0 Å². The second-order valence-corrected chi connectivity index (χ2v) is 10.8. The predicted octanol–water partition coefficient (Wildman–Crippen LogP) is 4.20. The zero-order valence-corrected chi connectivity index (χ0v) is 18.6. The van der Waals surface area contributed by atoms with E-state index in [4.69, 9.17) is 29.6 Å². The lowest BCUT2D eigenvalue weighted by molar-refractivity contribution is 0.481. The summed E-state index contributed by atoms with van der Waals surface area (Å²) in [6.07, 6.45) is 1.94. The molecular formula is C19H20ClN3O2S3. The maximum atomic E-state index is 12.2. The fourth-order valence-electron chi connectivity index (χ4n) is 2.90. The molecule has 0 radical (unpaired) electrons. The van der Waals surface area contributed by atoms with Crippen LogP contribution in [0.15, 0.2) is 52.4 Å². The molecule has 9 heteroatoms. The number of sulfone groups is 1. The van der Waals surface area contributed by atoms with E-state index in [9.17, 15) is 8.42 Å². The Kier molecular flexibility index (Phi) is 6.05. The number of thioether (sulfide) groups is 1. The van der Waals surface area contributed by atoms with Crippen molar-refractivity contribution in [2.24, 2.45) is 10.7 Å². The molecule has 2 aromatic rings. The highest BCUT2D eigenvalue weighted by Gasteiger charge is 2.31. The van der Waals surface area contributed by atoms with Gasteiger partial charge in [0.15, 0.2) is 15.0 Å². The molecule has 0 aromatic heterocycles. The molecule has 0 amide bonds. The van der Waals surface area contributed by atoms with E-state index < -0.39 is 15.4 Å². The minimum absolute atomic E-state index is 0.208. The predicted molar refractivity (Wildman–Crippen MR) is 122 cm³/mol. The monoisotopic (exact) mass is 453 g/mol. The maximum absolute atomic E-state index is 12.2. The summed E-state index contributed by atoms with van der Waals surface area (Å²) in [6, 6.07) is 12.2. The maximum Gasteiger partial charge on any atom is 0.175 e. The molecule has 0 saturated heterocycles. The van der Waals surface area contributed by atoms with Crippen molar-refractivity contribution in [3.8, 4) is 0 Å². The van der Waals surface area contributed by atoms with Crippen molar-refractivity contribution in [3.63, 3.8) is 0 Å². The van der Waals surface area contributed by atoms with Crippen molar-refractivity contribution in [1.29, 1.82) is 0 Å². The van der Waals surface area contributed by atoms with Crippen LogP contribution in [-0.2, 0) is 15.4 Å². The smallest absolute Gasteiger partial charge is 0.175 e. The van der Waals surface area contributed by atoms with Gasteiger partial charge in [-0.25, -0.2) is 8.42 Å². The second-order valence-electron chi connectivity index (χ2n) is 6.80. The summed E-state index contributed by atoms with van der Waals surface area (Å²) in [5.41, 5.74) is 7.49. The zero-order chi connectivity index (χ0) is 20.5. The van der Waals surface area contributed by atoms with E-state index in [0.717, 1.165) is 23.3 Å². The van der Waals surface area contributed by atoms with Crippen LogP contribution in [-0.4, -0.2) is 30.6 Å². The molecule has 0 bridgehead atoms. The molecule has 148 valence electrons. The van der Waals surface area contributed by atoms with Crippen molar-refractivity contribution >= 4 is 61.3 Å². The summed E-state index contributed by atoms with van der Waals surface area (Å²) < 4.78 is 24.5. The molecular weight excluding hydrogens is 434 g/mol. The van der Waals surface area contributed by atoms with Gasteiger partial charge in [0.25, 0.3) is 0 Å². The van der Waals surface area contributed by atoms with Gasteiger partial charge in [0.1, 0.15) is 4.99 Å². The number of anilines is 1. The number of rotatable bonds is 4. The number of amidine groups is 1. The molecule has 1 atom stereocenters. The number of aliphatic imine (C=N–C) groups is 1. The van der Waals surface area contributed by atoms with Crippen molar-refractivity contribution in [2.45, 2.75) is 23.8 Å². The number of benzene rings is 2. The lowest BCUT2D eigenvalue weighted by atomic mass is 9.89. The fraction of sp³-hybridized carbons (Fsp3) is 0.263. The first-order valence-corrected chi connectivity index (χ1v) is 12.1. The molecule has 0 fully saturated rings. The van der Waals surface area contributed by atoms with Crippen LogP contribution in [0.3, 0.4) is 0 Å². The van der Waals surface area contributed by atoms with E-state index in [1.807, 2.05) is 25.1 Å². The molecule has 28 heavy (non-hydrogen) atoms. The van der Waals surface area contributed by atoms with E-state index in [1.54, 1.807) is 24.3 Å². The number of hydrogen-bond acceptors (Lipinski definition) is 6. The first-order valence-electron chi connectivity index (χ1n) is 8.47. The topological polar surface area (TPSA) is 84.5 Å². The Morgan fingerprint density at radius 2 is 1.96 bits per heavy atom. The van der Waals surface area contributed by atoms with Crippen molar-refractivity contribution in [2.75, 3.05) is 17.3 Å². The highest BCUT2D eigenvalue weighted by atomic mass is 35.5. The molecule has 3 N–H and O–H groups in total. The molecule has 1 heterocycles. The Labute approximate surface area is 179 Å². The van der Waals surface area contributed by atoms with Crippen molar-refractivity contribution in [3.05, 3.63) is 58.6 Å². The minimum Gasteiger partial charge on any atom is -0.379 e. The molecule has 1 aliphatic heterocycles. The number of nitrogens with zero attached hydrogens (tertiary/aromatic N) is 1. The molecule has 0 spiro atoms. The van der Waals surface area contributed by atoms with E-state index in [2.05, 4.69) is 10.3 Å². The van der Waals surface area contributed by atoms with Gasteiger partial charge in [0.2, 0.25) is 0 Å². The van der Waals surface area contributed by atoms with Crippen LogP contribution in [0.1, 0.15) is 24.5 Å². The zero-order valence-electron chi connectivity index (χ0n) is 15.4. The Morgan fingerprint density at radius 1 is 1.29 bits per heavy atom. The van der Waals surface area contributed by atoms with Gasteiger partial charge < -0.3 is 11.1 Å². The van der Waals surface area contributed by atoms with E-state index >= 15 is 0 Å². The normalized spacial score (nSPS) is 19.8. The second kappa shape index (κ2) is 8.02. The number of nitrogens with one attached hydrogen (secondary N) is 1. The van der Waals surface area contributed by atoms with Gasteiger partial charge in [0, 0.05) is 28.3 Å². The fourth-order valence-corrected chi connectivity index (χ4v) is 4.93. The van der Waals surface area contributed by atoms with E-state index in [1.165, 1.54) is 18.0 Å². The molecule has 1 unspecified atom stereocenters. The number of halogens is 1. The summed E-state index contributed by atoms with van der Waals surface area (Å²) in [4.78, 5) is 5.26. The highest BCUT2D eigenvalue weighted by molar-refractivity contribution is 8.13. The number of nitrogens with two attached hydrogens (primary N) is 1. The molecule has 0 aliphatic carbocycles. The third kappa shape index (κ3) is 4.86. The van der Waals surface area contributed by atoms with E-state index in [0.29, 0.717) is 20.9 Å². The van der Waals surface area contributed by atoms with Gasteiger partial charge in [0.05, 0.1) is 10.4 Å². The lowest BCUT2D eigenvalue weighted by Crippen LogP contribution is -2.29. The largest absolute Gasteiger partial charge is 0.379 e. The Balaban J connectivity index is 2.02. The van der Waals surface area contributed by atoms with Gasteiger partial charge in [-0.05, 0) is 49.2 Å². The SMILES string of the molecule is CC1(c2cc(NC(=S)c3ccc(Cl)cc3)cc(S(C)(=O)=O)c2)CCSC(N)=N1. The van der Waals surface area contributed by atoms with Crippen LogP contribution >= 0.6 is 35.6 Å². The van der Waals surface area contributed by atoms with Crippen LogP contribution < -0.4 is 11.1 Å². The van der Waals surface area contributed by atoms with Crippen LogP contribution in [0.25, 0.3) is 0 Å². The van der Waals surface area contributed by atoms with Crippen molar-refractivity contribution < 1.29 is 8.42 Å². The summed E-state index contributed by atoms with van der Waals surface area (Å²) in [5, 5.41) is 4.26. The van der Waals surface area contributed by atoms with Gasteiger partial charge in [-0.3, -0.25) is 4.99 Å². The number of thiocarbonyl (C=S) groups is 1. The first-order chi connectivity index (χ1) is 13.1. The van der Waals surface area contributed by atoms with Crippen LogP contribution in [0.4, 0.5) is 5.69 Å². The van der Waals surface area contributed by atoms with Gasteiger partial charge in [-0.1, -0.05) is 47.7 Å². The Morgan fingerprint density at radius 3 is 2.57 bits per heavy atom. The summed E-state index contributed by atoms with van der Waals surface area (Å²) in [7, 11) is -3.42. The molecule has 5 nitrogen and oxygen atoms in total. The quantitative estimate of drug-likeness (QED) is 0.675. The standard InChI is InChI=1S/C19H20ClN3O2S3/c1-19(7-8-27-18(21)23-19)13-9-15(11-16(10-13)28(2,24)25)22-17(26)12-3-5-14(20)6-4-12/h3-6,9-11H,7-8H2,1-2H3,(H2,21,23)(H,22,26). The van der Waals surface area contributed by atoms with Crippen molar-refractivity contribution in [1.82, 2.24) is 0 Å². The van der Waals surface area contributed by atoms with Crippen LogP contribution in [0.5, 0.6) is 0 Å². The average Bonchev–Trinajstić information content (AvgIpc) is 2.61. The molecule has 2 aromatic carbocycles. The van der Waals surface area contributed by atoms with Gasteiger partial charge >= 0.3 is 0 Å². The first kappa shape index (κ1) is 21.1. The van der Waals surface area contributed by atoms with Crippen LogP contribution in [0.2, 0.25) is 5.02 Å². The molecule has 3 rings (SSSR count). The number of hydrogen-bond donors (Lipinski definition) is 2. The highest BCUT2D eigenvalue weighted by Crippen LogP contribution is 2.37. The van der Waals surface area contributed by atoms with Gasteiger partial charge in [-0.15, -0.1) is 0 Å². The summed E-state index contributed by atoms with van der Waals surface area (Å²) in [6.45, 7) is 1.96. The Hall–Kier alpha value is -1.61. The van der Waals surface area contributed by atoms with E-state index in [-0.39, 0.29) is 4.90 Å². The summed E-state index contributed by atoms with van der Waals surface area (Å²) in [5.74, 6) is 0.820. The Bertz CT molecular complexity index is 1050. The van der Waals surface area contributed by atoms with Crippen LogP contribution in [0, 0.1) is 0 Å². The average molecular weight is 454 g/mol. The third-order valence-corrected chi connectivity index (χ3v) is 6.99. The lowest BCUT2D eigenvalue weighted by Gasteiger charge is -2.30. The molecule has 1 aliphatic rings. The molecule has 0 saturated carbocycles. The minimum atomic E-state index is -3.42.